The van der Waals surface area contributed by atoms with Crippen molar-refractivity contribution in [1.29, 1.82) is 0 Å². The van der Waals surface area contributed by atoms with E-state index in [2.05, 4.69) is 5.32 Å². The van der Waals surface area contributed by atoms with Crippen LogP contribution in [-0.4, -0.2) is 44.0 Å². The van der Waals surface area contributed by atoms with Crippen molar-refractivity contribution in [2.75, 3.05) is 27.3 Å². The molecule has 2 amide bonds. The lowest BCUT2D eigenvalue weighted by Crippen LogP contribution is -2.41. The van der Waals surface area contributed by atoms with Gasteiger partial charge in [0.15, 0.2) is 11.5 Å². The van der Waals surface area contributed by atoms with Crippen molar-refractivity contribution in [3.05, 3.63) is 23.8 Å². The molecule has 24 heavy (non-hydrogen) atoms. The molecule has 0 atom stereocenters. The number of nitrogens with one attached hydrogen (secondary N) is 1. The van der Waals surface area contributed by atoms with Gasteiger partial charge in [-0.3, -0.25) is 9.59 Å². The molecule has 1 N–H and O–H groups in total. The monoisotopic (exact) mass is 336 g/mol. The number of benzene rings is 1. The van der Waals surface area contributed by atoms with Gasteiger partial charge in [-0.2, -0.15) is 0 Å². The second-order valence-electron chi connectivity index (χ2n) is 6.64. The first-order valence-electron chi connectivity index (χ1n) is 7.93. The predicted octanol–water partition coefficient (Wildman–Crippen LogP) is 2.21. The highest BCUT2D eigenvalue weighted by Gasteiger charge is 2.21. The van der Waals surface area contributed by atoms with Gasteiger partial charge in [-0.15, -0.1) is 0 Å². The molecule has 0 saturated carbocycles. The van der Waals surface area contributed by atoms with Crippen LogP contribution in [0.3, 0.4) is 0 Å². The lowest BCUT2D eigenvalue weighted by molar-refractivity contribution is -0.131. The third-order valence-corrected chi connectivity index (χ3v) is 3.62. The minimum Gasteiger partial charge on any atom is -0.493 e. The van der Waals surface area contributed by atoms with Crippen molar-refractivity contribution in [2.45, 2.75) is 34.2 Å². The highest BCUT2D eigenvalue weighted by Crippen LogP contribution is 2.28. The van der Waals surface area contributed by atoms with E-state index in [9.17, 15) is 9.59 Å². The van der Waals surface area contributed by atoms with Crippen LogP contribution in [-0.2, 0) is 16.1 Å². The summed E-state index contributed by atoms with van der Waals surface area (Å²) in [6.07, 6.45) is 0. The lowest BCUT2D eigenvalue weighted by atomic mass is 9.96. The van der Waals surface area contributed by atoms with E-state index < -0.39 is 5.41 Å². The van der Waals surface area contributed by atoms with Crippen molar-refractivity contribution < 1.29 is 19.1 Å². The molecule has 1 rings (SSSR count). The van der Waals surface area contributed by atoms with Gasteiger partial charge >= 0.3 is 0 Å². The largest absolute Gasteiger partial charge is 0.493 e. The number of ether oxygens (including phenoxy) is 2. The Morgan fingerprint density at radius 1 is 1.12 bits per heavy atom. The summed E-state index contributed by atoms with van der Waals surface area (Å²) in [4.78, 5) is 25.4. The summed E-state index contributed by atoms with van der Waals surface area (Å²) in [5.41, 5.74) is 0.495. The molecule has 0 radical (unpaired) electrons. The Morgan fingerprint density at radius 2 is 1.75 bits per heavy atom. The van der Waals surface area contributed by atoms with E-state index in [0.717, 1.165) is 5.56 Å². The SMILES string of the molecule is COc1ccc(CN(CCNC(=O)C(C)(C)C)C(C)=O)cc1OC. The molecule has 0 heterocycles. The molecular weight excluding hydrogens is 308 g/mol. The zero-order chi connectivity index (χ0) is 18.3. The zero-order valence-electron chi connectivity index (χ0n) is 15.4. The van der Waals surface area contributed by atoms with Crippen LogP contribution in [0.25, 0.3) is 0 Å². The lowest BCUT2D eigenvalue weighted by Gasteiger charge is -2.23. The summed E-state index contributed by atoms with van der Waals surface area (Å²) >= 11 is 0. The average Bonchev–Trinajstić information content (AvgIpc) is 2.52. The third-order valence-electron chi connectivity index (χ3n) is 3.62. The summed E-state index contributed by atoms with van der Waals surface area (Å²) in [6.45, 7) is 8.40. The van der Waals surface area contributed by atoms with Crippen LogP contribution in [0.15, 0.2) is 18.2 Å². The highest BCUT2D eigenvalue weighted by molar-refractivity contribution is 5.81. The summed E-state index contributed by atoms with van der Waals surface area (Å²) in [5.74, 6) is 1.19. The van der Waals surface area contributed by atoms with Crippen LogP contribution in [0, 0.1) is 5.41 Å². The van der Waals surface area contributed by atoms with Crippen LogP contribution >= 0.6 is 0 Å². The van der Waals surface area contributed by atoms with Gasteiger partial charge in [0.05, 0.1) is 14.2 Å². The van der Waals surface area contributed by atoms with E-state index in [4.69, 9.17) is 9.47 Å². The molecule has 1 aromatic rings. The zero-order valence-corrected chi connectivity index (χ0v) is 15.4. The first-order valence-corrected chi connectivity index (χ1v) is 7.93. The van der Waals surface area contributed by atoms with Crippen LogP contribution < -0.4 is 14.8 Å². The average molecular weight is 336 g/mol. The Balaban J connectivity index is 2.70. The molecule has 0 aliphatic heterocycles. The molecule has 0 fully saturated rings. The molecule has 0 aliphatic carbocycles. The first kappa shape index (κ1) is 19.8. The van der Waals surface area contributed by atoms with Gasteiger partial charge in [-0.05, 0) is 17.7 Å². The molecule has 6 nitrogen and oxygen atoms in total. The normalized spacial score (nSPS) is 10.9. The molecule has 0 saturated heterocycles. The number of hydrogen-bond acceptors (Lipinski definition) is 4. The van der Waals surface area contributed by atoms with Crippen molar-refractivity contribution in [3.63, 3.8) is 0 Å². The molecule has 0 spiro atoms. The number of hydrogen-bond donors (Lipinski definition) is 1. The third kappa shape index (κ3) is 5.76. The number of carbonyl (C=O) groups excluding carboxylic acids is 2. The number of methoxy groups -OCH3 is 2. The molecule has 0 bridgehead atoms. The van der Waals surface area contributed by atoms with Crippen LogP contribution in [0.2, 0.25) is 0 Å². The maximum absolute atomic E-state index is 11.9. The highest BCUT2D eigenvalue weighted by atomic mass is 16.5. The van der Waals surface area contributed by atoms with Crippen LogP contribution in [0.1, 0.15) is 33.3 Å². The van der Waals surface area contributed by atoms with Gasteiger partial charge < -0.3 is 19.7 Å². The van der Waals surface area contributed by atoms with E-state index in [-0.39, 0.29) is 11.8 Å². The smallest absolute Gasteiger partial charge is 0.225 e. The summed E-state index contributed by atoms with van der Waals surface area (Å²) in [6, 6.07) is 5.56. The number of rotatable bonds is 7. The molecule has 6 heteroatoms. The molecule has 0 aliphatic rings. The van der Waals surface area contributed by atoms with E-state index in [1.54, 1.807) is 19.1 Å². The van der Waals surface area contributed by atoms with Gasteiger partial charge in [0.1, 0.15) is 0 Å². The minimum atomic E-state index is -0.440. The van der Waals surface area contributed by atoms with Gasteiger partial charge in [0, 0.05) is 32.0 Å². The van der Waals surface area contributed by atoms with E-state index in [1.807, 2.05) is 39.0 Å². The van der Waals surface area contributed by atoms with Gasteiger partial charge in [0.2, 0.25) is 11.8 Å². The number of amides is 2. The number of carbonyl (C=O) groups is 2. The van der Waals surface area contributed by atoms with Gasteiger partial charge in [-0.1, -0.05) is 26.8 Å². The topological polar surface area (TPSA) is 67.9 Å². The van der Waals surface area contributed by atoms with Crippen molar-refractivity contribution in [2.24, 2.45) is 5.41 Å². The Labute approximate surface area is 144 Å². The second kappa shape index (κ2) is 8.57. The maximum atomic E-state index is 11.9. The van der Waals surface area contributed by atoms with Crippen molar-refractivity contribution in [1.82, 2.24) is 10.2 Å². The minimum absolute atomic E-state index is 0.0304. The van der Waals surface area contributed by atoms with Crippen molar-refractivity contribution >= 4 is 11.8 Å². The van der Waals surface area contributed by atoms with Crippen LogP contribution in [0.4, 0.5) is 0 Å². The predicted molar refractivity (Wildman–Crippen MR) is 93.1 cm³/mol. The second-order valence-corrected chi connectivity index (χ2v) is 6.64. The quantitative estimate of drug-likeness (QED) is 0.829. The van der Waals surface area contributed by atoms with Gasteiger partial charge in [0.25, 0.3) is 0 Å². The fourth-order valence-electron chi connectivity index (χ4n) is 2.12. The Hall–Kier alpha value is -2.24. The molecule has 1 aromatic carbocycles. The van der Waals surface area contributed by atoms with E-state index in [1.165, 1.54) is 6.92 Å². The molecule has 0 unspecified atom stereocenters. The summed E-state index contributed by atoms with van der Waals surface area (Å²) < 4.78 is 10.5. The standard InChI is InChI=1S/C18H28N2O4/c1-13(21)20(10-9-19-17(22)18(2,3)4)12-14-7-8-15(23-5)16(11-14)24-6/h7-8,11H,9-10,12H2,1-6H3,(H,19,22). The Bertz CT molecular complexity index is 579. The Morgan fingerprint density at radius 3 is 2.25 bits per heavy atom. The maximum Gasteiger partial charge on any atom is 0.225 e. The Kier molecular flexibility index (Phi) is 7.07. The fraction of sp³-hybridized carbons (Fsp3) is 0.556. The molecular formula is C18H28N2O4. The van der Waals surface area contributed by atoms with Gasteiger partial charge in [-0.25, -0.2) is 0 Å². The van der Waals surface area contributed by atoms with Crippen LogP contribution in [0.5, 0.6) is 11.5 Å². The first-order chi connectivity index (χ1) is 11.2. The summed E-state index contributed by atoms with van der Waals surface area (Å²) in [7, 11) is 3.16. The number of nitrogens with zero attached hydrogens (tertiary/aromatic N) is 1. The van der Waals surface area contributed by atoms with Crippen molar-refractivity contribution in [3.8, 4) is 11.5 Å². The van der Waals surface area contributed by atoms with E-state index in [0.29, 0.717) is 31.1 Å². The summed E-state index contributed by atoms with van der Waals surface area (Å²) in [5, 5.41) is 2.86. The molecule has 134 valence electrons. The fourth-order valence-corrected chi connectivity index (χ4v) is 2.12. The van der Waals surface area contributed by atoms with E-state index >= 15 is 0 Å². The molecule has 0 aromatic heterocycles.